The third kappa shape index (κ3) is 8.21. The van der Waals surface area contributed by atoms with E-state index in [1.807, 2.05) is 24.3 Å². The highest BCUT2D eigenvalue weighted by molar-refractivity contribution is 7.98. The van der Waals surface area contributed by atoms with Gasteiger partial charge in [-0.1, -0.05) is 35.9 Å². The number of carbonyl (C=O) groups excluding carboxylic acids is 1. The van der Waals surface area contributed by atoms with Crippen molar-refractivity contribution in [2.24, 2.45) is 0 Å². The Bertz CT molecular complexity index is 1420. The van der Waals surface area contributed by atoms with E-state index < -0.39 is 34.2 Å². The predicted molar refractivity (Wildman–Crippen MR) is 151 cm³/mol. The fourth-order valence-electron chi connectivity index (χ4n) is 3.64. The van der Waals surface area contributed by atoms with Crippen molar-refractivity contribution in [2.45, 2.75) is 23.2 Å². The molecule has 216 valence electrons. The number of nitrogens with zero attached hydrogens (tertiary/aromatic N) is 1. The van der Waals surface area contributed by atoms with E-state index in [1.54, 1.807) is 11.8 Å². The zero-order valence-corrected chi connectivity index (χ0v) is 24.1. The molecule has 0 aliphatic heterocycles. The number of carbonyl (C=O) groups is 1. The van der Waals surface area contributed by atoms with Crippen LogP contribution in [0.5, 0.6) is 11.5 Å². The summed E-state index contributed by atoms with van der Waals surface area (Å²) in [6.45, 7) is -0.480. The normalized spacial score (nSPS) is 11.7. The number of nitrogens with one attached hydrogen (secondary N) is 1. The number of rotatable bonds is 13. The molecule has 0 radical (unpaired) electrons. The lowest BCUT2D eigenvalue weighted by Gasteiger charge is -2.25. The minimum absolute atomic E-state index is 0.103. The second kappa shape index (κ2) is 14.0. The SMILES string of the molecule is COc1ccc(S(=O)(=O)N(CC(=O)NCCCSCc2ccccc2Cl)c2cccc(C(F)(F)F)c2)cc1OC. The molecule has 0 aromatic heterocycles. The average Bonchev–Trinajstić information content (AvgIpc) is 2.93. The van der Waals surface area contributed by atoms with Crippen LogP contribution in [0, 0.1) is 0 Å². The first-order valence-corrected chi connectivity index (χ1v) is 14.9. The molecule has 1 amide bonds. The molecule has 3 aromatic carbocycles. The number of hydrogen-bond donors (Lipinski definition) is 1. The summed E-state index contributed by atoms with van der Waals surface area (Å²) >= 11 is 7.78. The van der Waals surface area contributed by atoms with Gasteiger partial charge in [0.2, 0.25) is 5.91 Å². The van der Waals surface area contributed by atoms with Crippen LogP contribution in [0.25, 0.3) is 0 Å². The molecule has 0 heterocycles. The number of benzene rings is 3. The Balaban J connectivity index is 1.75. The molecule has 0 bridgehead atoms. The molecule has 0 spiro atoms. The number of halogens is 4. The maximum atomic E-state index is 13.6. The molecule has 0 saturated heterocycles. The third-order valence-electron chi connectivity index (χ3n) is 5.69. The summed E-state index contributed by atoms with van der Waals surface area (Å²) in [5.41, 5.74) is -0.362. The second-order valence-corrected chi connectivity index (χ2v) is 11.8. The van der Waals surface area contributed by atoms with Gasteiger partial charge in [-0.05, 0) is 54.1 Å². The Morgan fingerprint density at radius 2 is 1.73 bits per heavy atom. The molecule has 1 N–H and O–H groups in total. The van der Waals surface area contributed by atoms with Gasteiger partial charge in [0.05, 0.1) is 30.4 Å². The summed E-state index contributed by atoms with van der Waals surface area (Å²) in [7, 11) is -1.80. The van der Waals surface area contributed by atoms with Gasteiger partial charge in [0.15, 0.2) is 11.5 Å². The topological polar surface area (TPSA) is 84.9 Å². The van der Waals surface area contributed by atoms with Gasteiger partial charge in [0.25, 0.3) is 10.0 Å². The van der Waals surface area contributed by atoms with Crippen LogP contribution in [-0.2, 0) is 26.7 Å². The molecule has 3 aromatic rings. The second-order valence-electron chi connectivity index (χ2n) is 8.42. The number of sulfonamides is 1. The largest absolute Gasteiger partial charge is 0.493 e. The van der Waals surface area contributed by atoms with Crippen LogP contribution in [0.15, 0.2) is 71.6 Å². The number of methoxy groups -OCH3 is 2. The van der Waals surface area contributed by atoms with E-state index in [0.717, 1.165) is 17.7 Å². The first-order chi connectivity index (χ1) is 19.0. The smallest absolute Gasteiger partial charge is 0.416 e. The molecule has 0 aliphatic carbocycles. The van der Waals surface area contributed by atoms with Crippen LogP contribution in [-0.4, -0.2) is 47.4 Å². The minimum Gasteiger partial charge on any atom is -0.493 e. The van der Waals surface area contributed by atoms with Gasteiger partial charge < -0.3 is 14.8 Å². The molecule has 13 heteroatoms. The maximum Gasteiger partial charge on any atom is 0.416 e. The number of hydrogen-bond acceptors (Lipinski definition) is 6. The molecule has 7 nitrogen and oxygen atoms in total. The summed E-state index contributed by atoms with van der Waals surface area (Å²) in [5, 5.41) is 3.33. The van der Waals surface area contributed by atoms with Gasteiger partial charge in [0, 0.05) is 23.4 Å². The standard InChI is InChI=1S/C27H28ClF3N2O5S2/c1-37-24-12-11-22(16-25(24)38-2)40(35,36)33(21-9-5-8-20(15-21)27(29,30)31)17-26(34)32-13-6-14-39-18-19-7-3-4-10-23(19)28/h3-5,7-12,15-16H,6,13-14,17-18H2,1-2H3,(H,32,34). The van der Waals surface area contributed by atoms with Crippen molar-refractivity contribution in [3.63, 3.8) is 0 Å². The Morgan fingerprint density at radius 3 is 2.40 bits per heavy atom. The summed E-state index contributed by atoms with van der Waals surface area (Å²) in [6.07, 6.45) is -4.12. The Morgan fingerprint density at radius 1 is 1.00 bits per heavy atom. The van der Waals surface area contributed by atoms with E-state index in [2.05, 4.69) is 5.32 Å². The van der Waals surface area contributed by atoms with Gasteiger partial charge in [-0.2, -0.15) is 24.9 Å². The lowest BCUT2D eigenvalue weighted by atomic mass is 10.2. The maximum absolute atomic E-state index is 13.6. The Kier molecular flexibility index (Phi) is 11.0. The summed E-state index contributed by atoms with van der Waals surface area (Å²) in [6, 6.07) is 15.1. The van der Waals surface area contributed by atoms with E-state index in [4.69, 9.17) is 21.1 Å². The zero-order chi connectivity index (χ0) is 29.3. The number of thioether (sulfide) groups is 1. The first-order valence-electron chi connectivity index (χ1n) is 12.0. The lowest BCUT2D eigenvalue weighted by Crippen LogP contribution is -2.41. The van der Waals surface area contributed by atoms with Crippen LogP contribution in [0.1, 0.15) is 17.5 Å². The van der Waals surface area contributed by atoms with E-state index >= 15 is 0 Å². The number of alkyl halides is 3. The van der Waals surface area contributed by atoms with Crippen molar-refractivity contribution < 1.29 is 35.9 Å². The molecular formula is C27H28ClF3N2O5S2. The van der Waals surface area contributed by atoms with E-state index in [0.29, 0.717) is 33.3 Å². The molecule has 0 aliphatic rings. The Hall–Kier alpha value is -3.09. The van der Waals surface area contributed by atoms with Crippen LogP contribution in [0.2, 0.25) is 5.02 Å². The van der Waals surface area contributed by atoms with E-state index in [-0.39, 0.29) is 28.6 Å². The van der Waals surface area contributed by atoms with Crippen LogP contribution in [0.3, 0.4) is 0 Å². The van der Waals surface area contributed by atoms with Gasteiger partial charge >= 0.3 is 6.18 Å². The van der Waals surface area contributed by atoms with Gasteiger partial charge in [-0.15, -0.1) is 0 Å². The summed E-state index contributed by atoms with van der Waals surface area (Å²) in [5.74, 6) is 1.09. The number of amides is 1. The van der Waals surface area contributed by atoms with Crippen molar-refractivity contribution in [3.05, 3.63) is 82.9 Å². The summed E-state index contributed by atoms with van der Waals surface area (Å²) in [4.78, 5) is 12.5. The minimum atomic E-state index is -4.71. The zero-order valence-electron chi connectivity index (χ0n) is 21.7. The molecule has 0 fully saturated rings. The molecule has 40 heavy (non-hydrogen) atoms. The van der Waals surface area contributed by atoms with E-state index in [1.165, 1.54) is 38.5 Å². The molecule has 3 rings (SSSR count). The average molecular weight is 617 g/mol. The van der Waals surface area contributed by atoms with Gasteiger partial charge in [-0.25, -0.2) is 8.42 Å². The van der Waals surface area contributed by atoms with Crippen LogP contribution < -0.4 is 19.1 Å². The van der Waals surface area contributed by atoms with Crippen molar-refractivity contribution in [2.75, 3.05) is 37.4 Å². The Labute approximate surface area is 240 Å². The highest BCUT2D eigenvalue weighted by Gasteiger charge is 2.33. The third-order valence-corrected chi connectivity index (χ3v) is 8.93. The molecule has 0 atom stereocenters. The quantitative estimate of drug-likeness (QED) is 0.237. The van der Waals surface area contributed by atoms with Crippen molar-refractivity contribution in [1.82, 2.24) is 5.32 Å². The van der Waals surface area contributed by atoms with Crippen LogP contribution in [0.4, 0.5) is 18.9 Å². The van der Waals surface area contributed by atoms with Crippen molar-refractivity contribution >= 4 is 45.0 Å². The highest BCUT2D eigenvalue weighted by atomic mass is 35.5. The predicted octanol–water partition coefficient (Wildman–Crippen LogP) is 6.01. The first kappa shape index (κ1) is 31.4. The lowest BCUT2D eigenvalue weighted by molar-refractivity contribution is -0.137. The van der Waals surface area contributed by atoms with Gasteiger partial charge in [0.1, 0.15) is 6.54 Å². The van der Waals surface area contributed by atoms with Crippen molar-refractivity contribution in [3.8, 4) is 11.5 Å². The fourth-order valence-corrected chi connectivity index (χ4v) is 6.32. The summed E-state index contributed by atoms with van der Waals surface area (Å²) < 4.78 is 78.4. The molecular weight excluding hydrogens is 589 g/mol. The highest BCUT2D eigenvalue weighted by Crippen LogP contribution is 2.35. The van der Waals surface area contributed by atoms with Crippen LogP contribution >= 0.6 is 23.4 Å². The molecule has 0 saturated carbocycles. The monoisotopic (exact) mass is 616 g/mol. The van der Waals surface area contributed by atoms with E-state index in [9.17, 15) is 26.4 Å². The fraction of sp³-hybridized carbons (Fsp3) is 0.296. The molecule has 0 unspecified atom stereocenters. The number of anilines is 1. The van der Waals surface area contributed by atoms with Gasteiger partial charge in [-0.3, -0.25) is 9.10 Å². The van der Waals surface area contributed by atoms with Crippen molar-refractivity contribution in [1.29, 1.82) is 0 Å². The number of ether oxygens (including phenoxy) is 2.